The van der Waals surface area contributed by atoms with Crippen molar-refractivity contribution >= 4 is 29.3 Å². The van der Waals surface area contributed by atoms with Gasteiger partial charge in [0.15, 0.2) is 11.5 Å². The molecule has 148 valence electrons. The molecule has 1 aliphatic rings. The molecule has 0 aromatic heterocycles. The fraction of sp³-hybridized carbons (Fsp3) is 0.227. The van der Waals surface area contributed by atoms with Crippen LogP contribution in [0.15, 0.2) is 53.1 Å². The van der Waals surface area contributed by atoms with Crippen LogP contribution in [0.4, 0.5) is 0 Å². The molecule has 0 unspecified atom stereocenters. The van der Waals surface area contributed by atoms with E-state index in [1.807, 2.05) is 36.4 Å². The van der Waals surface area contributed by atoms with Crippen molar-refractivity contribution in [1.29, 1.82) is 5.26 Å². The summed E-state index contributed by atoms with van der Waals surface area (Å²) in [6.07, 6.45) is 1.90. The highest BCUT2D eigenvalue weighted by atomic mass is 35.5. The first-order valence-corrected chi connectivity index (χ1v) is 9.41. The van der Waals surface area contributed by atoms with E-state index < -0.39 is 0 Å². The number of hydrogen-bond acceptors (Lipinski definition) is 5. The van der Waals surface area contributed by atoms with Gasteiger partial charge in [0, 0.05) is 6.07 Å². The molecular weight excluding hydrogens is 390 g/mol. The Morgan fingerprint density at radius 1 is 1.24 bits per heavy atom. The molecule has 29 heavy (non-hydrogen) atoms. The number of nitrogens with zero attached hydrogens (tertiary/aromatic N) is 3. The summed E-state index contributed by atoms with van der Waals surface area (Å²) < 4.78 is 11.3. The topological polar surface area (TPSA) is 74.9 Å². The lowest BCUT2D eigenvalue weighted by Gasteiger charge is -2.13. The van der Waals surface area contributed by atoms with Gasteiger partial charge in [0.25, 0.3) is 5.91 Å². The Kier molecular flexibility index (Phi) is 6.53. The molecule has 6 nitrogen and oxygen atoms in total. The van der Waals surface area contributed by atoms with Crippen LogP contribution in [-0.4, -0.2) is 30.3 Å². The highest BCUT2D eigenvalue weighted by Gasteiger charge is 2.27. The molecule has 0 bridgehead atoms. The van der Waals surface area contributed by atoms with E-state index in [9.17, 15) is 4.79 Å². The van der Waals surface area contributed by atoms with E-state index in [4.69, 9.17) is 26.3 Å². The van der Waals surface area contributed by atoms with Crippen molar-refractivity contribution in [2.75, 3.05) is 13.7 Å². The van der Waals surface area contributed by atoms with Crippen LogP contribution >= 0.6 is 11.6 Å². The molecule has 0 N–H and O–H groups in total. The number of methoxy groups -OCH3 is 1. The number of carbonyl (C=O) groups is 1. The second kappa shape index (κ2) is 9.26. The summed E-state index contributed by atoms with van der Waals surface area (Å²) in [4.78, 5) is 12.6. The van der Waals surface area contributed by atoms with Gasteiger partial charge >= 0.3 is 0 Å². The summed E-state index contributed by atoms with van der Waals surface area (Å²) in [5.74, 6) is 0.776. The van der Waals surface area contributed by atoms with Crippen molar-refractivity contribution in [2.24, 2.45) is 5.10 Å². The number of halogens is 1. The Labute approximate surface area is 174 Å². The largest absolute Gasteiger partial charge is 0.493 e. The molecule has 2 aromatic rings. The quantitative estimate of drug-likeness (QED) is 0.633. The maximum Gasteiger partial charge on any atom is 0.275 e. The molecule has 0 saturated carbocycles. The van der Waals surface area contributed by atoms with Crippen molar-refractivity contribution < 1.29 is 14.3 Å². The molecule has 0 atom stereocenters. The molecule has 1 amide bonds. The summed E-state index contributed by atoms with van der Waals surface area (Å²) in [5, 5.41) is 14.7. The fourth-order valence-corrected chi connectivity index (χ4v) is 3.08. The van der Waals surface area contributed by atoms with Crippen LogP contribution in [0.25, 0.3) is 6.08 Å². The van der Waals surface area contributed by atoms with Gasteiger partial charge < -0.3 is 9.47 Å². The van der Waals surface area contributed by atoms with Crippen LogP contribution in [0, 0.1) is 11.3 Å². The second-order valence-corrected chi connectivity index (χ2v) is 6.79. The van der Waals surface area contributed by atoms with Gasteiger partial charge in [0.05, 0.1) is 42.5 Å². The third-order valence-electron chi connectivity index (χ3n) is 4.38. The van der Waals surface area contributed by atoms with Crippen LogP contribution in [0.1, 0.15) is 24.5 Å². The van der Waals surface area contributed by atoms with E-state index in [2.05, 4.69) is 5.10 Å². The molecule has 0 saturated heterocycles. The average molecular weight is 410 g/mol. The smallest absolute Gasteiger partial charge is 0.275 e. The monoisotopic (exact) mass is 409 g/mol. The zero-order valence-electron chi connectivity index (χ0n) is 16.2. The van der Waals surface area contributed by atoms with Crippen LogP contribution in [0.3, 0.4) is 0 Å². The van der Waals surface area contributed by atoms with Gasteiger partial charge in [-0.05, 0) is 30.2 Å². The van der Waals surface area contributed by atoms with Crippen molar-refractivity contribution in [1.82, 2.24) is 5.01 Å². The first-order chi connectivity index (χ1) is 14.0. The van der Waals surface area contributed by atoms with E-state index in [0.717, 1.165) is 5.56 Å². The lowest BCUT2D eigenvalue weighted by molar-refractivity contribution is -0.125. The molecule has 7 heteroatoms. The zero-order valence-corrected chi connectivity index (χ0v) is 16.9. The van der Waals surface area contributed by atoms with Crippen molar-refractivity contribution in [2.45, 2.75) is 20.0 Å². The van der Waals surface area contributed by atoms with Crippen molar-refractivity contribution in [3.8, 4) is 17.6 Å². The van der Waals surface area contributed by atoms with Gasteiger partial charge in [0.1, 0.15) is 6.61 Å². The molecule has 0 radical (unpaired) electrons. The Morgan fingerprint density at radius 3 is 2.69 bits per heavy atom. The number of nitriles is 1. The molecule has 0 spiro atoms. The summed E-state index contributed by atoms with van der Waals surface area (Å²) in [5.41, 5.74) is 2.66. The molecule has 0 aliphatic carbocycles. The summed E-state index contributed by atoms with van der Waals surface area (Å²) >= 11 is 6.45. The van der Waals surface area contributed by atoms with Gasteiger partial charge in [0.2, 0.25) is 0 Å². The van der Waals surface area contributed by atoms with Crippen molar-refractivity contribution in [3.05, 3.63) is 64.2 Å². The highest BCUT2D eigenvalue weighted by Crippen LogP contribution is 2.35. The third-order valence-corrected chi connectivity index (χ3v) is 4.71. The fourth-order valence-electron chi connectivity index (χ4n) is 2.87. The lowest BCUT2D eigenvalue weighted by Crippen LogP contribution is -2.22. The Morgan fingerprint density at radius 2 is 2.00 bits per heavy atom. The normalized spacial score (nSPS) is 14.7. The Bertz CT molecular complexity index is 1010. The minimum Gasteiger partial charge on any atom is -0.493 e. The number of hydrazone groups is 1. The number of hydrogen-bond donors (Lipinski definition) is 0. The van der Waals surface area contributed by atoms with Gasteiger partial charge in [-0.15, -0.1) is 0 Å². The SMILES string of the molecule is COc1cc(/C=C2/C(=O)N(CCC#N)N=C2C)c(Cl)cc1OCc1ccccc1. The predicted molar refractivity (Wildman–Crippen MR) is 112 cm³/mol. The molecule has 0 fully saturated rings. The first kappa shape index (κ1) is 20.4. The minimum atomic E-state index is -0.253. The molecule has 1 aliphatic heterocycles. The summed E-state index contributed by atoms with van der Waals surface area (Å²) in [6.45, 7) is 2.39. The summed E-state index contributed by atoms with van der Waals surface area (Å²) in [7, 11) is 1.55. The van der Waals surface area contributed by atoms with Crippen LogP contribution in [0.5, 0.6) is 11.5 Å². The van der Waals surface area contributed by atoms with Gasteiger partial charge in [-0.2, -0.15) is 10.4 Å². The van der Waals surface area contributed by atoms with E-state index in [1.54, 1.807) is 32.2 Å². The minimum absolute atomic E-state index is 0.220. The standard InChI is InChI=1S/C22H20ClN3O3/c1-15-18(22(27)26(25-15)10-6-9-24)11-17-12-20(28-2)21(13-19(17)23)29-14-16-7-4-3-5-8-16/h3-5,7-8,11-13H,6,10,14H2,1-2H3/b18-11+. The van der Waals surface area contributed by atoms with Gasteiger partial charge in [-0.3, -0.25) is 4.79 Å². The van der Waals surface area contributed by atoms with Gasteiger partial charge in [-0.1, -0.05) is 41.9 Å². The Hall–Kier alpha value is -3.30. The van der Waals surface area contributed by atoms with E-state index in [-0.39, 0.29) is 18.9 Å². The van der Waals surface area contributed by atoms with Gasteiger partial charge in [-0.25, -0.2) is 5.01 Å². The number of ether oxygens (including phenoxy) is 2. The predicted octanol–water partition coefficient (Wildman–Crippen LogP) is 4.44. The maximum atomic E-state index is 12.6. The van der Waals surface area contributed by atoms with Crippen LogP contribution < -0.4 is 9.47 Å². The number of carbonyl (C=O) groups excluding carboxylic acids is 1. The van der Waals surface area contributed by atoms with Crippen LogP contribution in [0.2, 0.25) is 5.02 Å². The second-order valence-electron chi connectivity index (χ2n) is 6.38. The molecule has 1 heterocycles. The first-order valence-electron chi connectivity index (χ1n) is 9.04. The average Bonchev–Trinajstić information content (AvgIpc) is 3.00. The molecular formula is C22H20ClN3O3. The van der Waals surface area contributed by atoms with Crippen LogP contribution in [-0.2, 0) is 11.4 Å². The summed E-state index contributed by atoms with van der Waals surface area (Å²) in [6, 6.07) is 15.2. The third kappa shape index (κ3) is 4.76. The highest BCUT2D eigenvalue weighted by molar-refractivity contribution is 6.33. The maximum absolute atomic E-state index is 12.6. The van der Waals surface area contributed by atoms with E-state index >= 15 is 0 Å². The van der Waals surface area contributed by atoms with Crippen molar-refractivity contribution in [3.63, 3.8) is 0 Å². The van der Waals surface area contributed by atoms with E-state index in [0.29, 0.717) is 40.0 Å². The Balaban J connectivity index is 1.84. The lowest BCUT2D eigenvalue weighted by atomic mass is 10.1. The zero-order chi connectivity index (χ0) is 20.8. The number of rotatable bonds is 7. The number of amides is 1. The number of benzene rings is 2. The van der Waals surface area contributed by atoms with E-state index in [1.165, 1.54) is 5.01 Å². The molecule has 2 aromatic carbocycles. The molecule has 3 rings (SSSR count).